The first kappa shape index (κ1) is 121. The Morgan fingerprint density at radius 1 is 0.175 bits per heavy atom. The van der Waals surface area contributed by atoms with Gasteiger partial charge >= 0.3 is 11.9 Å². The van der Waals surface area contributed by atoms with Crippen molar-refractivity contribution in [2.75, 3.05) is 13.2 Å². The molecule has 9 saturated carbocycles. The van der Waals surface area contributed by atoms with Crippen molar-refractivity contribution in [1.29, 1.82) is 0 Å². The third-order valence-electron chi connectivity index (χ3n) is 31.0. The van der Waals surface area contributed by atoms with Crippen LogP contribution in [0.3, 0.4) is 0 Å². The summed E-state index contributed by atoms with van der Waals surface area (Å²) in [6.07, 6.45) is 105. The van der Waals surface area contributed by atoms with E-state index >= 15 is 0 Å². The second-order valence-electron chi connectivity index (χ2n) is 42.9. The number of carbonyl (C=O) groups is 2. The van der Waals surface area contributed by atoms with Gasteiger partial charge in [-0.3, -0.25) is 9.59 Å². The van der Waals surface area contributed by atoms with Crippen LogP contribution >= 0.6 is 0 Å². The number of hydrogen-bond acceptors (Lipinski definition) is 4. The molecule has 0 aromatic rings. The molecule has 0 heterocycles. The maximum absolute atomic E-state index is 10.1. The van der Waals surface area contributed by atoms with Crippen molar-refractivity contribution < 1.29 is 19.1 Å². The maximum Gasteiger partial charge on any atom is 0.302 e. The first-order valence-electron chi connectivity index (χ1n) is 56.4. The molecule has 4 nitrogen and oxygen atoms in total. The molecule has 4 heteroatoms. The van der Waals surface area contributed by atoms with E-state index in [0.717, 1.165) is 126 Å². The Morgan fingerprint density at radius 2 is 0.342 bits per heavy atom. The minimum absolute atomic E-state index is 0.182. The number of unbranched alkanes of at least 4 members (excludes halogenated alkanes) is 10. The van der Waals surface area contributed by atoms with E-state index in [1.54, 1.807) is 0 Å². The lowest BCUT2D eigenvalue weighted by molar-refractivity contribution is -0.141. The maximum atomic E-state index is 10.1. The fraction of sp³-hybridized carbons (Fsp3) is 0.983. The van der Waals surface area contributed by atoms with Crippen LogP contribution in [0.2, 0.25) is 0 Å². The molecule has 0 aliphatic heterocycles. The third-order valence-corrected chi connectivity index (χ3v) is 31.0. The molecule has 0 unspecified atom stereocenters. The summed E-state index contributed by atoms with van der Waals surface area (Å²) in [4.78, 5) is 20.1. The highest BCUT2D eigenvalue weighted by molar-refractivity contribution is 5.66. The van der Waals surface area contributed by atoms with E-state index in [0.29, 0.717) is 13.2 Å². The van der Waals surface area contributed by atoms with Crippen LogP contribution in [-0.2, 0) is 19.1 Å². The van der Waals surface area contributed by atoms with E-state index < -0.39 is 0 Å². The topological polar surface area (TPSA) is 52.6 Å². The summed E-state index contributed by atoms with van der Waals surface area (Å²) in [7, 11) is 0. The predicted molar refractivity (Wildman–Crippen MR) is 542 cm³/mol. The summed E-state index contributed by atoms with van der Waals surface area (Å²) in [5.41, 5.74) is 0. The lowest BCUT2D eigenvalue weighted by atomic mass is 9.78. The van der Waals surface area contributed by atoms with E-state index in [2.05, 4.69) is 141 Å². The van der Waals surface area contributed by atoms with Gasteiger partial charge in [0, 0.05) is 13.8 Å². The lowest BCUT2D eigenvalue weighted by Gasteiger charge is -2.28. The van der Waals surface area contributed by atoms with Crippen LogP contribution < -0.4 is 0 Å². The van der Waals surface area contributed by atoms with Crippen LogP contribution in [0.1, 0.15) is 615 Å². The van der Waals surface area contributed by atoms with Gasteiger partial charge in [0.15, 0.2) is 0 Å². The van der Waals surface area contributed by atoms with E-state index in [-0.39, 0.29) is 11.9 Å². The Hall–Kier alpha value is -1.06. The van der Waals surface area contributed by atoms with Crippen LogP contribution in [0.4, 0.5) is 0 Å². The molecule has 9 aliphatic rings. The Balaban J connectivity index is 0. The summed E-state index contributed by atoms with van der Waals surface area (Å²) < 4.78 is 9.20. The molecule has 0 saturated heterocycles. The molecule has 9 aliphatic carbocycles. The van der Waals surface area contributed by atoms with Crippen LogP contribution in [0.25, 0.3) is 0 Å². The predicted octanol–water partition coefficient (Wildman–Crippen LogP) is 40.7. The summed E-state index contributed by atoms with van der Waals surface area (Å²) in [5, 5.41) is 0. The molecule has 0 spiro atoms. The monoisotopic (exact) mass is 1690 g/mol. The first-order valence-corrected chi connectivity index (χ1v) is 56.4. The minimum Gasteiger partial charge on any atom is -0.466 e. The normalized spacial score (nSPS) is 28.2. The molecule has 720 valence electrons. The molecular formula is C116H232O4. The second-order valence-corrected chi connectivity index (χ2v) is 42.9. The van der Waals surface area contributed by atoms with E-state index in [9.17, 15) is 9.59 Å². The Bertz CT molecular complexity index is 1960. The third kappa shape index (κ3) is 75.9. The standard InChI is InChI=1S/C14H28.2C13H26.2C12H24.2C11H22.C10H20.C9H18.C6H12O2.C5H10O2/c1-3-5-6-8-14-11-9-13(7-4-2)10-12-14;1-3-4-5-6-7-13-10-8-12(2)9-11-13;1-3-5-7-13-10-8-12(6-4-2)9-11-13;1-3-4-5-6-12-9-7-11(2)8-10-12;1-3-5-11-7-9-12(6-4-2)10-8-11;1-3-4-5-11-8-6-10(2)7-9-11;1-3-5-11-8-6-10(4-2)7-9-11;1-3-4-10-7-5-9(2)6-8-10;1-3-9-6-4-8(2)5-7-9;1-3-4-5-8-6(2)7;1-3-4-7-5(2)6/h13-14H,3-12H2,1-2H3;2*12-13H,3-11H2,1-2H3;2*11-12H,3-10H2,1-2H3;2*10-11H,3-9H2,1-2H3;9-10H,3-8H2,1-2H3;8-9H,3-7H2,1-2H3;3-5H2,1-2H3;3-4H2,1-2H3. The van der Waals surface area contributed by atoms with Gasteiger partial charge in [-0.15, -0.1) is 0 Å². The van der Waals surface area contributed by atoms with Crippen LogP contribution in [-0.4, -0.2) is 25.2 Å². The number of carbonyl (C=O) groups excluding carboxylic acids is 2. The Kier molecular flexibility index (Phi) is 89.3. The fourth-order valence-corrected chi connectivity index (χ4v) is 21.8. The molecular weight excluding hydrogens is 1460 g/mol. The number of hydrogen-bond donors (Lipinski definition) is 0. The van der Waals surface area contributed by atoms with E-state index in [1.165, 1.54) is 457 Å². The molecule has 9 rings (SSSR count). The SMILES string of the molecule is CCC1CCC(C)CC1.CCCC1CCC(C)CC1.CCCC1CCC(CC)CC1.CCCC1CCC(CCC)CC1.CCCCC1CCC(C)CC1.CCCCC1CCC(CCC)CC1.CCCCCC1CCC(C)CC1.CCCCCC1CCC(CCC)CC1.CCCCCCC1CCC(C)CC1.CCCCOC(C)=O.CCCOC(C)=O. The smallest absolute Gasteiger partial charge is 0.302 e. The Labute approximate surface area is 760 Å². The molecule has 0 N–H and O–H groups in total. The van der Waals surface area contributed by atoms with Crippen molar-refractivity contribution in [2.45, 2.75) is 615 Å². The van der Waals surface area contributed by atoms with Crippen LogP contribution in [0, 0.1) is 107 Å². The zero-order chi connectivity index (χ0) is 89.3. The largest absolute Gasteiger partial charge is 0.466 e. The molecule has 9 fully saturated rings. The van der Waals surface area contributed by atoms with Crippen molar-refractivity contribution in [2.24, 2.45) is 107 Å². The van der Waals surface area contributed by atoms with Gasteiger partial charge in [-0.25, -0.2) is 0 Å². The van der Waals surface area contributed by atoms with Crippen molar-refractivity contribution in [1.82, 2.24) is 0 Å². The van der Waals surface area contributed by atoms with Gasteiger partial charge in [0.25, 0.3) is 0 Å². The van der Waals surface area contributed by atoms with Gasteiger partial charge in [-0.2, -0.15) is 0 Å². The van der Waals surface area contributed by atoms with Crippen molar-refractivity contribution in [3.05, 3.63) is 0 Å². The van der Waals surface area contributed by atoms with Crippen LogP contribution in [0.5, 0.6) is 0 Å². The molecule has 0 atom stereocenters. The van der Waals surface area contributed by atoms with Gasteiger partial charge in [-0.1, -0.05) is 588 Å². The highest BCUT2D eigenvalue weighted by atomic mass is 16.5. The first-order chi connectivity index (χ1) is 58.1. The lowest BCUT2D eigenvalue weighted by Crippen LogP contribution is -2.14. The average molecular weight is 1690 g/mol. The van der Waals surface area contributed by atoms with E-state index in [4.69, 9.17) is 0 Å². The fourth-order valence-electron chi connectivity index (χ4n) is 21.8. The zero-order valence-corrected chi connectivity index (χ0v) is 87.4. The van der Waals surface area contributed by atoms with E-state index in [1.807, 2.05) is 6.92 Å². The molecule has 0 radical (unpaired) electrons. The molecule has 0 amide bonds. The Morgan fingerprint density at radius 3 is 0.525 bits per heavy atom. The number of esters is 2. The van der Waals surface area contributed by atoms with Gasteiger partial charge < -0.3 is 9.47 Å². The average Bonchev–Trinajstić information content (AvgIpc) is 0.896. The minimum atomic E-state index is -0.193. The van der Waals surface area contributed by atoms with Crippen molar-refractivity contribution in [3.63, 3.8) is 0 Å². The van der Waals surface area contributed by atoms with Gasteiger partial charge in [0.2, 0.25) is 0 Å². The summed E-state index contributed by atoms with van der Waals surface area (Å²) in [6.45, 7) is 50.0. The zero-order valence-electron chi connectivity index (χ0n) is 87.4. The number of rotatable bonds is 38. The molecule has 0 bridgehead atoms. The van der Waals surface area contributed by atoms with Gasteiger partial charge in [-0.05, 0) is 119 Å². The van der Waals surface area contributed by atoms with Gasteiger partial charge in [0.05, 0.1) is 13.2 Å². The summed E-state index contributed by atoms with van der Waals surface area (Å²) >= 11 is 0. The highest BCUT2D eigenvalue weighted by Crippen LogP contribution is 2.40. The summed E-state index contributed by atoms with van der Waals surface area (Å²) in [5.74, 6) is 18.8. The van der Waals surface area contributed by atoms with Crippen LogP contribution in [0.15, 0.2) is 0 Å². The molecule has 0 aromatic heterocycles. The second kappa shape index (κ2) is 88.6. The number of ether oxygens (including phenoxy) is 2. The molecule has 120 heavy (non-hydrogen) atoms. The highest BCUT2D eigenvalue weighted by Gasteiger charge is 2.26. The van der Waals surface area contributed by atoms with Crippen molar-refractivity contribution in [3.8, 4) is 0 Å². The molecule has 0 aromatic carbocycles. The van der Waals surface area contributed by atoms with Gasteiger partial charge in [0.1, 0.15) is 0 Å². The summed E-state index contributed by atoms with van der Waals surface area (Å²) in [6, 6.07) is 0. The van der Waals surface area contributed by atoms with Crippen molar-refractivity contribution >= 4 is 11.9 Å². The quantitative estimate of drug-likeness (QED) is 0.0457.